The molecule has 2 rings (SSSR count). The highest BCUT2D eigenvalue weighted by atomic mass is 16.5. The minimum Gasteiger partial charge on any atom is -0.464 e. The molecular weight excluding hydrogens is 272 g/mol. The first-order chi connectivity index (χ1) is 10.1. The summed E-state index contributed by atoms with van der Waals surface area (Å²) in [6.07, 6.45) is 6.46. The van der Waals surface area contributed by atoms with Gasteiger partial charge in [-0.3, -0.25) is 9.36 Å². The van der Waals surface area contributed by atoms with Crippen molar-refractivity contribution in [2.24, 2.45) is 0 Å². The summed E-state index contributed by atoms with van der Waals surface area (Å²) in [7, 11) is 0. The Balaban J connectivity index is 2.02. The van der Waals surface area contributed by atoms with Crippen LogP contribution in [0.2, 0.25) is 0 Å². The summed E-state index contributed by atoms with van der Waals surface area (Å²) >= 11 is 0. The average Bonchev–Trinajstić information content (AvgIpc) is 3.01. The molecule has 1 atom stereocenters. The van der Waals surface area contributed by atoms with Crippen LogP contribution < -0.4 is 5.32 Å². The van der Waals surface area contributed by atoms with Crippen molar-refractivity contribution in [3.8, 4) is 5.82 Å². The van der Waals surface area contributed by atoms with E-state index in [0.717, 1.165) is 0 Å². The standard InChI is InChI=1S/C14H16N4O3/c1-3-21-14(20)10(2)17-13(19)11-4-5-12(16-8-11)18-7-6-15-9-18/h4-10H,3H2,1-2H3,(H,17,19). The summed E-state index contributed by atoms with van der Waals surface area (Å²) in [4.78, 5) is 31.5. The molecule has 110 valence electrons. The maximum Gasteiger partial charge on any atom is 0.328 e. The highest BCUT2D eigenvalue weighted by molar-refractivity contribution is 5.96. The number of ether oxygens (including phenoxy) is 1. The Labute approximate surface area is 122 Å². The molecule has 0 aliphatic carbocycles. The van der Waals surface area contributed by atoms with Crippen LogP contribution in [0.4, 0.5) is 0 Å². The largest absolute Gasteiger partial charge is 0.464 e. The average molecular weight is 288 g/mol. The van der Waals surface area contributed by atoms with Gasteiger partial charge in [0, 0.05) is 18.6 Å². The van der Waals surface area contributed by atoms with E-state index in [1.807, 2.05) is 0 Å². The lowest BCUT2D eigenvalue weighted by atomic mass is 10.2. The topological polar surface area (TPSA) is 86.1 Å². The summed E-state index contributed by atoms with van der Waals surface area (Å²) < 4.78 is 6.55. The van der Waals surface area contributed by atoms with E-state index in [0.29, 0.717) is 11.4 Å². The summed E-state index contributed by atoms with van der Waals surface area (Å²) in [6, 6.07) is 2.63. The van der Waals surface area contributed by atoms with Gasteiger partial charge < -0.3 is 10.1 Å². The van der Waals surface area contributed by atoms with E-state index in [2.05, 4.69) is 15.3 Å². The molecule has 2 aromatic heterocycles. The predicted octanol–water partition coefficient (Wildman–Crippen LogP) is 0.949. The summed E-state index contributed by atoms with van der Waals surface area (Å²) in [6.45, 7) is 3.56. The third-order valence-electron chi connectivity index (χ3n) is 2.77. The van der Waals surface area contributed by atoms with Crippen LogP contribution in [0.5, 0.6) is 0 Å². The number of nitrogens with one attached hydrogen (secondary N) is 1. The third-order valence-corrected chi connectivity index (χ3v) is 2.77. The SMILES string of the molecule is CCOC(=O)C(C)NC(=O)c1ccc(-n2ccnc2)nc1. The zero-order valence-electron chi connectivity index (χ0n) is 11.8. The Hall–Kier alpha value is -2.70. The Bertz CT molecular complexity index is 608. The van der Waals surface area contributed by atoms with Gasteiger partial charge >= 0.3 is 5.97 Å². The number of rotatable bonds is 5. The number of amides is 1. The van der Waals surface area contributed by atoms with Gasteiger partial charge in [-0.15, -0.1) is 0 Å². The van der Waals surface area contributed by atoms with Gasteiger partial charge in [-0.05, 0) is 26.0 Å². The molecular formula is C14H16N4O3. The van der Waals surface area contributed by atoms with Gasteiger partial charge in [-0.25, -0.2) is 14.8 Å². The second-order valence-electron chi connectivity index (χ2n) is 4.32. The van der Waals surface area contributed by atoms with Crippen molar-refractivity contribution in [2.75, 3.05) is 6.61 Å². The fourth-order valence-corrected chi connectivity index (χ4v) is 1.67. The fraction of sp³-hybridized carbons (Fsp3) is 0.286. The van der Waals surface area contributed by atoms with Crippen molar-refractivity contribution in [1.29, 1.82) is 0 Å². The minimum atomic E-state index is -0.703. The second kappa shape index (κ2) is 6.65. The van der Waals surface area contributed by atoms with Gasteiger partial charge in [0.1, 0.15) is 18.2 Å². The Kier molecular flexibility index (Phi) is 4.65. The van der Waals surface area contributed by atoms with Crippen LogP contribution in [0, 0.1) is 0 Å². The number of pyridine rings is 1. The molecule has 0 spiro atoms. The fourth-order valence-electron chi connectivity index (χ4n) is 1.67. The van der Waals surface area contributed by atoms with E-state index < -0.39 is 12.0 Å². The molecule has 2 aromatic rings. The van der Waals surface area contributed by atoms with Gasteiger partial charge in [-0.2, -0.15) is 0 Å². The lowest BCUT2D eigenvalue weighted by Crippen LogP contribution is -2.39. The number of carbonyl (C=O) groups excluding carboxylic acids is 2. The van der Waals surface area contributed by atoms with E-state index in [4.69, 9.17) is 4.74 Å². The van der Waals surface area contributed by atoms with E-state index in [1.165, 1.54) is 6.20 Å². The molecule has 0 radical (unpaired) electrons. The molecule has 2 heterocycles. The number of imidazole rings is 1. The van der Waals surface area contributed by atoms with Gasteiger partial charge in [0.25, 0.3) is 5.91 Å². The lowest BCUT2D eigenvalue weighted by Gasteiger charge is -2.12. The molecule has 0 saturated carbocycles. The summed E-state index contributed by atoms with van der Waals surface area (Å²) in [5.74, 6) is -0.184. The van der Waals surface area contributed by atoms with Crippen LogP contribution >= 0.6 is 0 Å². The molecule has 7 heteroatoms. The quantitative estimate of drug-likeness (QED) is 0.828. The molecule has 0 fully saturated rings. The monoisotopic (exact) mass is 288 g/mol. The molecule has 0 aromatic carbocycles. The number of nitrogens with zero attached hydrogens (tertiary/aromatic N) is 3. The molecule has 0 saturated heterocycles. The van der Waals surface area contributed by atoms with Crippen LogP contribution in [-0.2, 0) is 9.53 Å². The highest BCUT2D eigenvalue weighted by Gasteiger charge is 2.17. The third kappa shape index (κ3) is 3.65. The number of hydrogen-bond acceptors (Lipinski definition) is 5. The first kappa shape index (κ1) is 14.7. The number of aromatic nitrogens is 3. The van der Waals surface area contributed by atoms with Crippen molar-refractivity contribution < 1.29 is 14.3 Å². The second-order valence-corrected chi connectivity index (χ2v) is 4.32. The molecule has 1 N–H and O–H groups in total. The van der Waals surface area contributed by atoms with Crippen LogP contribution in [0.3, 0.4) is 0 Å². The molecule has 1 unspecified atom stereocenters. The Morgan fingerprint density at radius 3 is 2.81 bits per heavy atom. The predicted molar refractivity (Wildman–Crippen MR) is 74.9 cm³/mol. The van der Waals surface area contributed by atoms with Crippen molar-refractivity contribution in [3.05, 3.63) is 42.6 Å². The lowest BCUT2D eigenvalue weighted by molar-refractivity contribution is -0.144. The molecule has 7 nitrogen and oxygen atoms in total. The maximum atomic E-state index is 12.0. The molecule has 1 amide bonds. The maximum absolute atomic E-state index is 12.0. The number of esters is 1. The molecule has 21 heavy (non-hydrogen) atoms. The zero-order valence-corrected chi connectivity index (χ0v) is 11.8. The molecule has 0 aliphatic heterocycles. The van der Waals surface area contributed by atoms with Gasteiger partial charge in [0.15, 0.2) is 0 Å². The van der Waals surface area contributed by atoms with Gasteiger partial charge in [0.05, 0.1) is 12.2 Å². The molecule has 0 aliphatic rings. The first-order valence-electron chi connectivity index (χ1n) is 6.53. The van der Waals surface area contributed by atoms with Crippen LogP contribution in [-0.4, -0.2) is 39.1 Å². The normalized spacial score (nSPS) is 11.7. The van der Waals surface area contributed by atoms with Crippen molar-refractivity contribution >= 4 is 11.9 Å². The first-order valence-corrected chi connectivity index (χ1v) is 6.53. The summed E-state index contributed by atoms with van der Waals surface area (Å²) in [5, 5.41) is 2.56. The van der Waals surface area contributed by atoms with E-state index in [9.17, 15) is 9.59 Å². The van der Waals surface area contributed by atoms with Crippen LogP contribution in [0.25, 0.3) is 5.82 Å². The van der Waals surface area contributed by atoms with E-state index in [-0.39, 0.29) is 12.5 Å². The zero-order chi connectivity index (χ0) is 15.2. The number of hydrogen-bond donors (Lipinski definition) is 1. The van der Waals surface area contributed by atoms with E-state index >= 15 is 0 Å². The smallest absolute Gasteiger partial charge is 0.328 e. The van der Waals surface area contributed by atoms with Gasteiger partial charge in [-0.1, -0.05) is 0 Å². The number of carbonyl (C=O) groups is 2. The summed E-state index contributed by atoms with van der Waals surface area (Å²) in [5.41, 5.74) is 0.370. The highest BCUT2D eigenvalue weighted by Crippen LogP contribution is 2.05. The Morgan fingerprint density at radius 2 is 2.24 bits per heavy atom. The van der Waals surface area contributed by atoms with Crippen LogP contribution in [0.1, 0.15) is 24.2 Å². The minimum absolute atomic E-state index is 0.278. The van der Waals surface area contributed by atoms with Crippen LogP contribution in [0.15, 0.2) is 37.1 Å². The van der Waals surface area contributed by atoms with Gasteiger partial charge in [0.2, 0.25) is 0 Å². The van der Waals surface area contributed by atoms with Crippen molar-refractivity contribution in [1.82, 2.24) is 19.9 Å². The molecule has 0 bridgehead atoms. The van der Waals surface area contributed by atoms with Crippen molar-refractivity contribution in [2.45, 2.75) is 19.9 Å². The van der Waals surface area contributed by atoms with E-state index in [1.54, 1.807) is 49.3 Å². The van der Waals surface area contributed by atoms with Crippen molar-refractivity contribution in [3.63, 3.8) is 0 Å². The Morgan fingerprint density at radius 1 is 1.43 bits per heavy atom.